The Labute approximate surface area is 172 Å². The third kappa shape index (κ3) is 5.02. The highest BCUT2D eigenvalue weighted by atomic mass is 16.6. The molecular weight excluding hydrogens is 372 g/mol. The highest BCUT2D eigenvalue weighted by molar-refractivity contribution is 5.73. The number of fused-ring (bicyclic) bond motifs is 2. The van der Waals surface area contributed by atoms with Crippen molar-refractivity contribution < 1.29 is 23.8 Å². The number of hydrogen-bond acceptors (Lipinski definition) is 5. The van der Waals surface area contributed by atoms with Gasteiger partial charge in [-0.2, -0.15) is 0 Å². The van der Waals surface area contributed by atoms with Gasteiger partial charge in [0.15, 0.2) is 0 Å². The van der Waals surface area contributed by atoms with Gasteiger partial charge in [-0.25, -0.2) is 9.59 Å². The van der Waals surface area contributed by atoms with Crippen LogP contribution in [0.15, 0.2) is 42.7 Å². The van der Waals surface area contributed by atoms with E-state index in [1.54, 1.807) is 23.2 Å². The van der Waals surface area contributed by atoms with Crippen molar-refractivity contribution in [3.63, 3.8) is 0 Å². The minimum atomic E-state index is -0.569. The second kappa shape index (κ2) is 8.76. The molecule has 2 heterocycles. The van der Waals surface area contributed by atoms with Gasteiger partial charge in [0.1, 0.15) is 12.2 Å². The summed E-state index contributed by atoms with van der Waals surface area (Å²) in [6.07, 6.45) is 4.26. The van der Waals surface area contributed by atoms with Crippen LogP contribution in [0.2, 0.25) is 0 Å². The topological polar surface area (TPSA) is 68.3 Å². The molecule has 0 spiro atoms. The second-order valence-electron chi connectivity index (χ2n) is 8.43. The van der Waals surface area contributed by atoms with E-state index in [1.165, 1.54) is 0 Å². The van der Waals surface area contributed by atoms with Gasteiger partial charge in [-0.3, -0.25) is 9.80 Å². The summed E-state index contributed by atoms with van der Waals surface area (Å²) in [6, 6.07) is 9.00. The third-order valence-corrected chi connectivity index (χ3v) is 5.16. The fraction of sp³-hybridized carbons (Fsp3) is 0.545. The van der Waals surface area contributed by atoms with Crippen LogP contribution in [0.4, 0.5) is 9.59 Å². The summed E-state index contributed by atoms with van der Waals surface area (Å²) in [5, 5.41) is 0. The van der Waals surface area contributed by atoms with Crippen molar-refractivity contribution in [2.75, 3.05) is 13.7 Å². The van der Waals surface area contributed by atoms with Crippen LogP contribution >= 0.6 is 0 Å². The zero-order chi connectivity index (χ0) is 21.0. The average Bonchev–Trinajstić information content (AvgIpc) is 3.00. The zero-order valence-electron chi connectivity index (χ0n) is 17.5. The molecule has 0 aromatic heterocycles. The van der Waals surface area contributed by atoms with E-state index in [2.05, 4.69) is 0 Å². The van der Waals surface area contributed by atoms with Crippen LogP contribution in [0.3, 0.4) is 0 Å². The van der Waals surface area contributed by atoms with Crippen LogP contribution in [0.25, 0.3) is 0 Å². The van der Waals surface area contributed by atoms with Gasteiger partial charge in [0.2, 0.25) is 0 Å². The minimum Gasteiger partial charge on any atom is -0.505 e. The monoisotopic (exact) mass is 402 g/mol. The number of methoxy groups -OCH3 is 1. The standard InChI is InChI=1S/C22H30N2O5/c1-22(2,3)29-21(26)24-17-10-11-19(24)18(12-13-27-4)23(14-17)20(25)28-15-16-8-6-5-7-9-16/h5-9,12-13,17-19H,10-11,14-15H2,1-4H3/b13-12+/t17-,18+,19+/m1/s1. The maximum atomic E-state index is 12.9. The SMILES string of the molecule is CO/C=C/[C@H]1[C@@H]2CC[C@H](CN1C(=O)OCc1ccccc1)N2C(=O)OC(C)(C)C. The minimum absolute atomic E-state index is 0.0775. The van der Waals surface area contributed by atoms with Crippen molar-refractivity contribution in [2.45, 2.75) is 63.9 Å². The number of amides is 2. The van der Waals surface area contributed by atoms with E-state index in [0.717, 1.165) is 18.4 Å². The second-order valence-corrected chi connectivity index (χ2v) is 8.43. The lowest BCUT2D eigenvalue weighted by Gasteiger charge is -2.45. The number of ether oxygens (including phenoxy) is 3. The van der Waals surface area contributed by atoms with Gasteiger partial charge in [-0.05, 0) is 45.3 Å². The molecule has 1 aromatic rings. The molecule has 0 saturated carbocycles. The Kier molecular flexibility index (Phi) is 6.35. The maximum Gasteiger partial charge on any atom is 0.410 e. The molecular formula is C22H30N2O5. The lowest BCUT2D eigenvalue weighted by atomic mass is 10.0. The smallest absolute Gasteiger partial charge is 0.410 e. The van der Waals surface area contributed by atoms with Gasteiger partial charge >= 0.3 is 12.2 Å². The van der Waals surface area contributed by atoms with Crippen LogP contribution in [0.5, 0.6) is 0 Å². The molecule has 2 saturated heterocycles. The molecule has 2 fully saturated rings. The molecule has 0 N–H and O–H groups in total. The molecule has 29 heavy (non-hydrogen) atoms. The zero-order valence-corrected chi connectivity index (χ0v) is 17.5. The fourth-order valence-corrected chi connectivity index (χ4v) is 3.97. The fourth-order valence-electron chi connectivity index (χ4n) is 3.97. The van der Waals surface area contributed by atoms with E-state index in [9.17, 15) is 9.59 Å². The number of piperazine rings is 1. The van der Waals surface area contributed by atoms with Gasteiger partial charge in [0.05, 0.1) is 31.5 Å². The molecule has 7 heteroatoms. The summed E-state index contributed by atoms with van der Waals surface area (Å²) in [5.41, 5.74) is 0.361. The lowest BCUT2D eigenvalue weighted by molar-refractivity contribution is -0.0159. The van der Waals surface area contributed by atoms with Crippen molar-refractivity contribution in [1.82, 2.24) is 9.80 Å². The van der Waals surface area contributed by atoms with Crippen molar-refractivity contribution in [3.05, 3.63) is 48.2 Å². The highest BCUT2D eigenvalue weighted by Crippen LogP contribution is 2.36. The Balaban J connectivity index is 1.74. The Morgan fingerprint density at radius 1 is 1.14 bits per heavy atom. The summed E-state index contributed by atoms with van der Waals surface area (Å²) in [4.78, 5) is 29.1. The number of benzene rings is 1. The number of nitrogens with zero attached hydrogens (tertiary/aromatic N) is 2. The molecule has 158 valence electrons. The van der Waals surface area contributed by atoms with Gasteiger partial charge < -0.3 is 14.2 Å². The number of likely N-dealkylation sites (tertiary alicyclic amines) is 1. The molecule has 0 aliphatic carbocycles. The number of hydrogen-bond donors (Lipinski definition) is 0. The molecule has 3 atom stereocenters. The summed E-state index contributed by atoms with van der Waals surface area (Å²) in [5.74, 6) is 0. The van der Waals surface area contributed by atoms with Gasteiger partial charge in [-0.1, -0.05) is 30.3 Å². The third-order valence-electron chi connectivity index (χ3n) is 5.16. The predicted octanol–water partition coefficient (Wildman–Crippen LogP) is 3.94. The molecule has 2 aliphatic rings. The van der Waals surface area contributed by atoms with E-state index >= 15 is 0 Å². The molecule has 0 radical (unpaired) electrons. The number of carbonyl (C=O) groups is 2. The largest absolute Gasteiger partial charge is 0.505 e. The van der Waals surface area contributed by atoms with E-state index in [-0.39, 0.29) is 36.9 Å². The molecule has 0 unspecified atom stereocenters. The van der Waals surface area contributed by atoms with Crippen LogP contribution in [-0.2, 0) is 20.8 Å². The molecule has 3 rings (SSSR count). The first-order valence-corrected chi connectivity index (χ1v) is 9.98. The van der Waals surface area contributed by atoms with E-state index in [1.807, 2.05) is 57.2 Å². The number of rotatable bonds is 4. The summed E-state index contributed by atoms with van der Waals surface area (Å²) in [6.45, 7) is 6.18. The molecule has 2 bridgehead atoms. The van der Waals surface area contributed by atoms with Gasteiger partial charge in [0, 0.05) is 6.54 Å². The van der Waals surface area contributed by atoms with Crippen molar-refractivity contribution in [1.29, 1.82) is 0 Å². The first-order valence-electron chi connectivity index (χ1n) is 9.98. The summed E-state index contributed by atoms with van der Waals surface area (Å²) >= 11 is 0. The van der Waals surface area contributed by atoms with Gasteiger partial charge in [0.25, 0.3) is 0 Å². The Bertz CT molecular complexity index is 743. The molecule has 2 aliphatic heterocycles. The van der Waals surface area contributed by atoms with E-state index in [0.29, 0.717) is 6.54 Å². The van der Waals surface area contributed by atoms with Crippen molar-refractivity contribution >= 4 is 12.2 Å². The van der Waals surface area contributed by atoms with Crippen LogP contribution in [0, 0.1) is 0 Å². The molecule has 7 nitrogen and oxygen atoms in total. The highest BCUT2D eigenvalue weighted by Gasteiger charge is 2.50. The Hall–Kier alpha value is -2.70. The molecule has 1 aromatic carbocycles. The average molecular weight is 402 g/mol. The van der Waals surface area contributed by atoms with Crippen molar-refractivity contribution in [3.8, 4) is 0 Å². The number of carbonyl (C=O) groups excluding carboxylic acids is 2. The van der Waals surface area contributed by atoms with Crippen molar-refractivity contribution in [2.24, 2.45) is 0 Å². The summed E-state index contributed by atoms with van der Waals surface area (Å²) < 4.78 is 16.3. The predicted molar refractivity (Wildman–Crippen MR) is 108 cm³/mol. The van der Waals surface area contributed by atoms with Crippen LogP contribution in [0.1, 0.15) is 39.2 Å². The lowest BCUT2D eigenvalue weighted by Crippen LogP contribution is -2.62. The van der Waals surface area contributed by atoms with Gasteiger partial charge in [-0.15, -0.1) is 0 Å². The first-order chi connectivity index (χ1) is 13.8. The summed E-state index contributed by atoms with van der Waals surface area (Å²) in [7, 11) is 1.56. The van der Waals surface area contributed by atoms with E-state index in [4.69, 9.17) is 14.2 Å². The maximum absolute atomic E-state index is 12.9. The van der Waals surface area contributed by atoms with E-state index < -0.39 is 5.60 Å². The Morgan fingerprint density at radius 2 is 1.86 bits per heavy atom. The normalized spacial score (nSPS) is 23.9. The quantitative estimate of drug-likeness (QED) is 0.714. The Morgan fingerprint density at radius 3 is 2.52 bits per heavy atom. The molecule has 2 amide bonds. The van der Waals surface area contributed by atoms with Crippen LogP contribution in [-0.4, -0.2) is 59.4 Å². The van der Waals surface area contributed by atoms with Crippen LogP contribution < -0.4 is 0 Å². The first kappa shape index (κ1) is 21.0.